The highest BCUT2D eigenvalue weighted by Crippen LogP contribution is 2.34. The summed E-state index contributed by atoms with van der Waals surface area (Å²) in [6, 6.07) is 12.1. The first-order chi connectivity index (χ1) is 10.9. The van der Waals surface area contributed by atoms with Gasteiger partial charge in [-0.3, -0.25) is 0 Å². The Labute approximate surface area is 132 Å². The van der Waals surface area contributed by atoms with E-state index in [0.29, 0.717) is 13.0 Å². The van der Waals surface area contributed by atoms with E-state index in [0.717, 1.165) is 17.2 Å². The number of rotatable bonds is 4. The Morgan fingerprint density at radius 1 is 1.04 bits per heavy atom. The summed E-state index contributed by atoms with van der Waals surface area (Å²) in [4.78, 5) is 11.7. The van der Waals surface area contributed by atoms with Gasteiger partial charge >= 0.3 is 12.2 Å². The molecule has 0 saturated carbocycles. The van der Waals surface area contributed by atoms with Crippen molar-refractivity contribution in [3.05, 3.63) is 65.2 Å². The minimum Gasteiger partial charge on any atom is -0.338 e. The number of halogens is 3. The Kier molecular flexibility index (Phi) is 5.26. The summed E-state index contributed by atoms with van der Waals surface area (Å²) in [7, 11) is 0. The van der Waals surface area contributed by atoms with Crippen molar-refractivity contribution in [2.45, 2.75) is 19.5 Å². The van der Waals surface area contributed by atoms with Crippen LogP contribution in [0.15, 0.2) is 48.5 Å². The van der Waals surface area contributed by atoms with Crippen LogP contribution in [0.3, 0.4) is 0 Å². The number of urea groups is 1. The maximum absolute atomic E-state index is 12.8. The standard InChI is InChI=1S/C17H17F3N2O/c1-12-6-8-13(9-7-12)10-11-21-16(23)22-15-5-3-2-4-14(15)17(18,19)20/h2-9H,10-11H2,1H3,(H2,21,22,23). The van der Waals surface area contributed by atoms with E-state index in [1.54, 1.807) is 0 Å². The van der Waals surface area contributed by atoms with Crippen molar-refractivity contribution in [1.29, 1.82) is 0 Å². The molecule has 2 aromatic carbocycles. The topological polar surface area (TPSA) is 41.1 Å². The van der Waals surface area contributed by atoms with Gasteiger partial charge in [-0.05, 0) is 31.0 Å². The molecule has 2 rings (SSSR count). The summed E-state index contributed by atoms with van der Waals surface area (Å²) in [6.07, 6.45) is -3.90. The molecular formula is C17H17F3N2O. The number of carbonyl (C=O) groups is 1. The summed E-state index contributed by atoms with van der Waals surface area (Å²) < 4.78 is 38.5. The van der Waals surface area contributed by atoms with Gasteiger partial charge in [0.05, 0.1) is 11.3 Å². The normalized spacial score (nSPS) is 11.1. The van der Waals surface area contributed by atoms with Crippen LogP contribution in [-0.2, 0) is 12.6 Å². The van der Waals surface area contributed by atoms with Gasteiger partial charge in [0.15, 0.2) is 0 Å². The fraction of sp³-hybridized carbons (Fsp3) is 0.235. The molecule has 2 amide bonds. The van der Waals surface area contributed by atoms with Crippen molar-refractivity contribution >= 4 is 11.7 Å². The second-order valence-electron chi connectivity index (χ2n) is 5.16. The van der Waals surface area contributed by atoms with E-state index in [-0.39, 0.29) is 5.69 Å². The fourth-order valence-electron chi connectivity index (χ4n) is 2.08. The fourth-order valence-corrected chi connectivity index (χ4v) is 2.08. The quantitative estimate of drug-likeness (QED) is 0.862. The lowest BCUT2D eigenvalue weighted by Crippen LogP contribution is -2.31. The van der Waals surface area contributed by atoms with Crippen LogP contribution >= 0.6 is 0 Å². The van der Waals surface area contributed by atoms with Gasteiger partial charge in [-0.1, -0.05) is 42.0 Å². The first kappa shape index (κ1) is 16.9. The maximum atomic E-state index is 12.8. The Balaban J connectivity index is 1.89. The van der Waals surface area contributed by atoms with Crippen molar-refractivity contribution in [2.75, 3.05) is 11.9 Å². The molecule has 2 N–H and O–H groups in total. The van der Waals surface area contributed by atoms with Gasteiger partial charge < -0.3 is 10.6 Å². The summed E-state index contributed by atoms with van der Waals surface area (Å²) >= 11 is 0. The predicted octanol–water partition coefficient (Wildman–Crippen LogP) is 4.38. The average molecular weight is 322 g/mol. The van der Waals surface area contributed by atoms with Crippen LogP contribution in [0, 0.1) is 6.92 Å². The van der Waals surface area contributed by atoms with Gasteiger partial charge in [0.1, 0.15) is 0 Å². The third-order valence-corrected chi connectivity index (χ3v) is 3.30. The molecule has 0 fully saturated rings. The third-order valence-electron chi connectivity index (χ3n) is 3.30. The van der Waals surface area contributed by atoms with Crippen LogP contribution in [0.4, 0.5) is 23.7 Å². The molecule has 0 aliphatic heterocycles. The van der Waals surface area contributed by atoms with E-state index in [1.807, 2.05) is 31.2 Å². The van der Waals surface area contributed by atoms with Gasteiger partial charge in [0.25, 0.3) is 0 Å². The molecule has 0 unspecified atom stereocenters. The molecule has 0 atom stereocenters. The summed E-state index contributed by atoms with van der Waals surface area (Å²) in [5.74, 6) is 0. The first-order valence-corrected chi connectivity index (χ1v) is 7.13. The lowest BCUT2D eigenvalue weighted by molar-refractivity contribution is -0.136. The SMILES string of the molecule is Cc1ccc(CCNC(=O)Nc2ccccc2C(F)(F)F)cc1. The van der Waals surface area contributed by atoms with E-state index in [2.05, 4.69) is 10.6 Å². The van der Waals surface area contributed by atoms with Crippen LogP contribution in [0.2, 0.25) is 0 Å². The van der Waals surface area contributed by atoms with Gasteiger partial charge in [-0.2, -0.15) is 13.2 Å². The highest BCUT2D eigenvalue weighted by Gasteiger charge is 2.33. The number of aryl methyl sites for hydroxylation is 1. The largest absolute Gasteiger partial charge is 0.418 e. The summed E-state index contributed by atoms with van der Waals surface area (Å²) in [5.41, 5.74) is 1.07. The van der Waals surface area contributed by atoms with Gasteiger partial charge in [0, 0.05) is 6.54 Å². The van der Waals surface area contributed by atoms with Gasteiger partial charge in [0.2, 0.25) is 0 Å². The smallest absolute Gasteiger partial charge is 0.338 e. The lowest BCUT2D eigenvalue weighted by atomic mass is 10.1. The summed E-state index contributed by atoms with van der Waals surface area (Å²) in [6.45, 7) is 2.32. The van der Waals surface area contributed by atoms with Crippen LogP contribution in [0.1, 0.15) is 16.7 Å². The Hall–Kier alpha value is -2.50. The second kappa shape index (κ2) is 7.17. The van der Waals surface area contributed by atoms with Crippen molar-refractivity contribution in [3.63, 3.8) is 0 Å². The molecule has 0 saturated heterocycles. The number of hydrogen-bond donors (Lipinski definition) is 2. The van der Waals surface area contributed by atoms with Crippen molar-refractivity contribution in [3.8, 4) is 0 Å². The molecule has 0 bridgehead atoms. The molecule has 0 spiro atoms. The third kappa shape index (κ3) is 5.02. The number of amides is 2. The Morgan fingerprint density at radius 3 is 2.35 bits per heavy atom. The number of alkyl halides is 3. The number of hydrogen-bond acceptors (Lipinski definition) is 1. The predicted molar refractivity (Wildman–Crippen MR) is 83.3 cm³/mol. The van der Waals surface area contributed by atoms with E-state index in [1.165, 1.54) is 18.2 Å². The molecule has 2 aromatic rings. The minimum absolute atomic E-state index is 0.257. The number of para-hydroxylation sites is 1. The number of anilines is 1. The molecule has 3 nitrogen and oxygen atoms in total. The zero-order valence-electron chi connectivity index (χ0n) is 12.6. The first-order valence-electron chi connectivity index (χ1n) is 7.13. The molecule has 23 heavy (non-hydrogen) atoms. The molecule has 6 heteroatoms. The molecule has 0 aliphatic rings. The molecule has 122 valence electrons. The second-order valence-corrected chi connectivity index (χ2v) is 5.16. The van der Waals surface area contributed by atoms with Crippen LogP contribution in [-0.4, -0.2) is 12.6 Å². The van der Waals surface area contributed by atoms with Gasteiger partial charge in [-0.25, -0.2) is 4.79 Å². The molecule has 0 radical (unpaired) electrons. The molecular weight excluding hydrogens is 305 g/mol. The highest BCUT2D eigenvalue weighted by molar-refractivity contribution is 5.90. The van der Waals surface area contributed by atoms with Crippen LogP contribution < -0.4 is 10.6 Å². The Morgan fingerprint density at radius 2 is 1.70 bits per heavy atom. The average Bonchev–Trinajstić information content (AvgIpc) is 2.49. The van der Waals surface area contributed by atoms with Crippen LogP contribution in [0.25, 0.3) is 0 Å². The summed E-state index contributed by atoms with van der Waals surface area (Å²) in [5, 5.41) is 4.80. The maximum Gasteiger partial charge on any atom is 0.418 e. The lowest BCUT2D eigenvalue weighted by Gasteiger charge is -2.14. The monoisotopic (exact) mass is 322 g/mol. The molecule has 0 heterocycles. The zero-order valence-corrected chi connectivity index (χ0v) is 12.6. The number of carbonyl (C=O) groups excluding carboxylic acids is 1. The molecule has 0 aromatic heterocycles. The van der Waals surface area contributed by atoms with Crippen molar-refractivity contribution in [2.24, 2.45) is 0 Å². The number of benzene rings is 2. The minimum atomic E-state index is -4.51. The highest BCUT2D eigenvalue weighted by atomic mass is 19.4. The Bertz CT molecular complexity index is 666. The van der Waals surface area contributed by atoms with Crippen molar-refractivity contribution in [1.82, 2.24) is 5.32 Å². The van der Waals surface area contributed by atoms with E-state index in [9.17, 15) is 18.0 Å². The van der Waals surface area contributed by atoms with Gasteiger partial charge in [-0.15, -0.1) is 0 Å². The number of nitrogens with one attached hydrogen (secondary N) is 2. The van der Waals surface area contributed by atoms with E-state index < -0.39 is 17.8 Å². The van der Waals surface area contributed by atoms with Crippen molar-refractivity contribution < 1.29 is 18.0 Å². The van der Waals surface area contributed by atoms with Crippen LogP contribution in [0.5, 0.6) is 0 Å². The van der Waals surface area contributed by atoms with E-state index >= 15 is 0 Å². The molecule has 0 aliphatic carbocycles. The zero-order chi connectivity index (χ0) is 16.9. The van der Waals surface area contributed by atoms with E-state index in [4.69, 9.17) is 0 Å².